The number of aromatic nitrogens is 2. The Hall–Kier alpha value is -1.97. The first-order chi connectivity index (χ1) is 11.2. The van der Waals surface area contributed by atoms with Crippen molar-refractivity contribution >= 4 is 40.6 Å². The molecule has 0 aliphatic rings. The van der Waals surface area contributed by atoms with Crippen LogP contribution in [0.2, 0.25) is 0 Å². The van der Waals surface area contributed by atoms with Crippen molar-refractivity contribution in [3.8, 4) is 0 Å². The van der Waals surface area contributed by atoms with Crippen molar-refractivity contribution in [2.45, 2.75) is 4.34 Å². The van der Waals surface area contributed by atoms with Gasteiger partial charge in [-0.3, -0.25) is 9.59 Å². The monoisotopic (exact) mass is 352 g/mol. The van der Waals surface area contributed by atoms with Crippen LogP contribution in [-0.4, -0.2) is 48.0 Å². The van der Waals surface area contributed by atoms with Gasteiger partial charge in [0, 0.05) is 19.3 Å². The van der Waals surface area contributed by atoms with Crippen molar-refractivity contribution in [3.63, 3.8) is 0 Å². The highest BCUT2D eigenvalue weighted by molar-refractivity contribution is 8.01. The molecule has 2 rings (SSSR count). The predicted molar refractivity (Wildman–Crippen MR) is 89.9 cm³/mol. The molecule has 2 amide bonds. The van der Waals surface area contributed by atoms with Gasteiger partial charge in [-0.05, 0) is 12.1 Å². The number of nitrogens with one attached hydrogen (secondary N) is 2. The highest BCUT2D eigenvalue weighted by Crippen LogP contribution is 2.22. The minimum atomic E-state index is -0.315. The quantitative estimate of drug-likeness (QED) is 0.554. The molecule has 2 N–H and O–H groups in total. The number of benzene rings is 1. The lowest BCUT2D eigenvalue weighted by Crippen LogP contribution is -2.28. The first-order valence-corrected chi connectivity index (χ1v) is 8.57. The number of anilines is 1. The lowest BCUT2D eigenvalue weighted by Gasteiger charge is -2.02. The normalized spacial score (nSPS) is 10.3. The van der Waals surface area contributed by atoms with Gasteiger partial charge in [0.1, 0.15) is 0 Å². The van der Waals surface area contributed by atoms with E-state index in [0.29, 0.717) is 23.2 Å². The molecule has 122 valence electrons. The number of amides is 2. The molecule has 0 fully saturated rings. The van der Waals surface area contributed by atoms with Crippen LogP contribution in [0.1, 0.15) is 9.80 Å². The number of carbonyl (C=O) groups excluding carboxylic acids is 2. The third-order valence-electron chi connectivity index (χ3n) is 2.59. The van der Waals surface area contributed by atoms with Crippen LogP contribution in [0.15, 0.2) is 34.7 Å². The highest BCUT2D eigenvalue weighted by Gasteiger charge is 2.14. The topological polar surface area (TPSA) is 93.2 Å². The number of ether oxygens (including phenoxy) is 1. The average Bonchev–Trinajstić information content (AvgIpc) is 3.03. The van der Waals surface area contributed by atoms with E-state index in [-0.39, 0.29) is 22.6 Å². The summed E-state index contributed by atoms with van der Waals surface area (Å²) in [5.41, 5.74) is 0.694. The maximum atomic E-state index is 12.0. The molecule has 9 heteroatoms. The number of hydrogen-bond acceptors (Lipinski definition) is 7. The zero-order valence-electron chi connectivity index (χ0n) is 12.4. The first-order valence-electron chi connectivity index (χ1n) is 6.77. The molecule has 0 atom stereocenters. The lowest BCUT2D eigenvalue weighted by atomic mass is 10.3. The van der Waals surface area contributed by atoms with Gasteiger partial charge in [-0.1, -0.05) is 41.3 Å². The lowest BCUT2D eigenvalue weighted by molar-refractivity contribution is -0.118. The summed E-state index contributed by atoms with van der Waals surface area (Å²) >= 11 is 2.40. The van der Waals surface area contributed by atoms with E-state index in [9.17, 15) is 9.59 Å². The Morgan fingerprint density at radius 2 is 2.04 bits per heavy atom. The van der Waals surface area contributed by atoms with Gasteiger partial charge in [0.2, 0.25) is 10.9 Å². The molecule has 2 aromatic rings. The molecule has 23 heavy (non-hydrogen) atoms. The van der Waals surface area contributed by atoms with Crippen molar-refractivity contribution in [2.75, 3.05) is 31.3 Å². The fourth-order valence-electron chi connectivity index (χ4n) is 1.54. The highest BCUT2D eigenvalue weighted by atomic mass is 32.2. The first kappa shape index (κ1) is 17.4. The van der Waals surface area contributed by atoms with Crippen LogP contribution in [0.5, 0.6) is 0 Å². The Labute approximate surface area is 141 Å². The number of methoxy groups -OCH3 is 1. The molecule has 1 aromatic carbocycles. The Morgan fingerprint density at radius 3 is 2.78 bits per heavy atom. The van der Waals surface area contributed by atoms with Gasteiger partial charge in [0.25, 0.3) is 5.91 Å². The molecule has 0 saturated heterocycles. The van der Waals surface area contributed by atoms with E-state index in [4.69, 9.17) is 4.74 Å². The van der Waals surface area contributed by atoms with Crippen molar-refractivity contribution in [1.29, 1.82) is 0 Å². The van der Waals surface area contributed by atoms with E-state index in [1.165, 1.54) is 11.8 Å². The van der Waals surface area contributed by atoms with Crippen LogP contribution in [0.3, 0.4) is 0 Å². The van der Waals surface area contributed by atoms with E-state index < -0.39 is 0 Å². The van der Waals surface area contributed by atoms with E-state index in [1.54, 1.807) is 19.2 Å². The van der Waals surface area contributed by atoms with E-state index in [0.717, 1.165) is 11.3 Å². The zero-order chi connectivity index (χ0) is 16.5. The van der Waals surface area contributed by atoms with Crippen LogP contribution in [0, 0.1) is 0 Å². The number of para-hydroxylation sites is 1. The Morgan fingerprint density at radius 1 is 1.26 bits per heavy atom. The zero-order valence-corrected chi connectivity index (χ0v) is 14.1. The molecule has 0 spiro atoms. The van der Waals surface area contributed by atoms with Crippen LogP contribution >= 0.6 is 23.1 Å². The van der Waals surface area contributed by atoms with Gasteiger partial charge >= 0.3 is 0 Å². The predicted octanol–water partition coefficient (Wildman–Crippen LogP) is 1.65. The second kappa shape index (κ2) is 9.23. The molecule has 0 aliphatic heterocycles. The summed E-state index contributed by atoms with van der Waals surface area (Å²) in [6.07, 6.45) is 0. The van der Waals surface area contributed by atoms with Gasteiger partial charge in [0.15, 0.2) is 4.34 Å². The van der Waals surface area contributed by atoms with Crippen LogP contribution in [0.4, 0.5) is 5.69 Å². The third-order valence-corrected chi connectivity index (χ3v) is 4.64. The molecule has 7 nitrogen and oxygen atoms in total. The Balaban J connectivity index is 1.81. The van der Waals surface area contributed by atoms with Crippen molar-refractivity contribution < 1.29 is 14.3 Å². The van der Waals surface area contributed by atoms with E-state index in [2.05, 4.69) is 20.8 Å². The Kier molecular flexibility index (Phi) is 6.98. The summed E-state index contributed by atoms with van der Waals surface area (Å²) in [5.74, 6) is -0.207. The van der Waals surface area contributed by atoms with Crippen molar-refractivity contribution in [2.24, 2.45) is 0 Å². The van der Waals surface area contributed by atoms with Gasteiger partial charge in [-0.2, -0.15) is 0 Å². The molecular weight excluding hydrogens is 336 g/mol. The molecule has 0 saturated carbocycles. The number of thioether (sulfide) groups is 1. The summed E-state index contributed by atoms with van der Waals surface area (Å²) < 4.78 is 5.42. The third kappa shape index (κ3) is 5.97. The standard InChI is InChI=1S/C14H16N4O3S2/c1-21-8-7-15-11(19)9-22-14-18-17-13(23-14)12(20)16-10-5-3-2-4-6-10/h2-6H,7-9H2,1H3,(H,15,19)(H,16,20). The minimum Gasteiger partial charge on any atom is -0.383 e. The fourth-order valence-corrected chi connectivity index (χ4v) is 3.11. The van der Waals surface area contributed by atoms with Crippen LogP contribution in [-0.2, 0) is 9.53 Å². The maximum absolute atomic E-state index is 12.0. The smallest absolute Gasteiger partial charge is 0.286 e. The minimum absolute atomic E-state index is 0.113. The fraction of sp³-hybridized carbons (Fsp3) is 0.286. The van der Waals surface area contributed by atoms with Gasteiger partial charge in [0.05, 0.1) is 12.4 Å². The number of carbonyl (C=O) groups is 2. The van der Waals surface area contributed by atoms with Gasteiger partial charge < -0.3 is 15.4 Å². The number of hydrogen-bond donors (Lipinski definition) is 2. The molecule has 0 radical (unpaired) electrons. The number of rotatable bonds is 8. The summed E-state index contributed by atoms with van der Waals surface area (Å²) in [5, 5.41) is 13.5. The van der Waals surface area contributed by atoms with Crippen LogP contribution in [0.25, 0.3) is 0 Å². The molecule has 1 aromatic heterocycles. The Bertz CT molecular complexity index is 648. The number of nitrogens with zero attached hydrogens (tertiary/aromatic N) is 2. The molecule has 0 unspecified atom stereocenters. The van der Waals surface area contributed by atoms with Crippen LogP contribution < -0.4 is 10.6 Å². The van der Waals surface area contributed by atoms with E-state index in [1.807, 2.05) is 18.2 Å². The summed E-state index contributed by atoms with van der Waals surface area (Å²) in [6, 6.07) is 9.11. The van der Waals surface area contributed by atoms with Crippen molar-refractivity contribution in [3.05, 3.63) is 35.3 Å². The molecule has 1 heterocycles. The largest absolute Gasteiger partial charge is 0.383 e. The molecule has 0 aliphatic carbocycles. The average molecular weight is 352 g/mol. The maximum Gasteiger partial charge on any atom is 0.286 e. The molecular formula is C14H16N4O3S2. The summed E-state index contributed by atoms with van der Waals surface area (Å²) in [6.45, 7) is 0.940. The van der Waals surface area contributed by atoms with Gasteiger partial charge in [-0.15, -0.1) is 10.2 Å². The molecule has 0 bridgehead atoms. The second-order valence-corrected chi connectivity index (χ2v) is 6.52. The van der Waals surface area contributed by atoms with Gasteiger partial charge in [-0.25, -0.2) is 0 Å². The summed E-state index contributed by atoms with van der Waals surface area (Å²) in [7, 11) is 1.57. The SMILES string of the molecule is COCCNC(=O)CSc1nnc(C(=O)Nc2ccccc2)s1. The second-order valence-electron chi connectivity index (χ2n) is 4.32. The van der Waals surface area contributed by atoms with Crippen molar-refractivity contribution in [1.82, 2.24) is 15.5 Å². The van der Waals surface area contributed by atoms with E-state index >= 15 is 0 Å². The summed E-state index contributed by atoms with van der Waals surface area (Å²) in [4.78, 5) is 23.6.